The largest absolute Gasteiger partial charge is 0.378 e. The first-order chi connectivity index (χ1) is 18.4. The van der Waals surface area contributed by atoms with Crippen molar-refractivity contribution in [2.45, 2.75) is 45.6 Å². The van der Waals surface area contributed by atoms with Crippen LogP contribution in [0.1, 0.15) is 49.0 Å². The number of halogens is 1. The van der Waals surface area contributed by atoms with Crippen LogP contribution in [0.15, 0.2) is 48.5 Å². The van der Waals surface area contributed by atoms with Crippen LogP contribution in [0.4, 0.5) is 10.5 Å². The first-order valence-corrected chi connectivity index (χ1v) is 14.3. The number of amides is 3. The molecule has 8 heteroatoms. The molecule has 2 aromatic carbocycles. The molecule has 0 spiro atoms. The number of urea groups is 1. The van der Waals surface area contributed by atoms with Gasteiger partial charge in [-0.25, -0.2) is 4.79 Å². The van der Waals surface area contributed by atoms with Crippen LogP contribution < -0.4 is 5.32 Å². The molecule has 0 bridgehead atoms. The van der Waals surface area contributed by atoms with Gasteiger partial charge < -0.3 is 24.8 Å². The Kier molecular flexibility index (Phi) is 10.4. The summed E-state index contributed by atoms with van der Waals surface area (Å²) in [6.45, 7) is 11.0. The van der Waals surface area contributed by atoms with Crippen molar-refractivity contribution < 1.29 is 14.3 Å². The molecule has 0 radical (unpaired) electrons. The molecule has 1 atom stereocenters. The summed E-state index contributed by atoms with van der Waals surface area (Å²) in [5, 5.41) is 3.62. The van der Waals surface area contributed by atoms with Crippen molar-refractivity contribution in [2.24, 2.45) is 5.92 Å². The lowest BCUT2D eigenvalue weighted by atomic mass is 9.95. The summed E-state index contributed by atoms with van der Waals surface area (Å²) < 4.78 is 5.39. The first kappa shape index (κ1) is 28.4. The molecular weight excluding hydrogens is 500 g/mol. The van der Waals surface area contributed by atoms with E-state index >= 15 is 0 Å². The van der Waals surface area contributed by atoms with Crippen LogP contribution in [0.3, 0.4) is 0 Å². The van der Waals surface area contributed by atoms with Crippen molar-refractivity contribution in [1.29, 1.82) is 0 Å². The zero-order chi connectivity index (χ0) is 26.9. The van der Waals surface area contributed by atoms with Crippen LogP contribution in [0.5, 0.6) is 0 Å². The lowest BCUT2D eigenvalue weighted by Crippen LogP contribution is -2.51. The quantitative estimate of drug-likeness (QED) is 0.462. The smallest absolute Gasteiger partial charge is 0.320 e. The maximum absolute atomic E-state index is 12.8. The van der Waals surface area contributed by atoms with Gasteiger partial charge in [-0.05, 0) is 87.0 Å². The molecule has 2 aliphatic rings. The third kappa shape index (κ3) is 7.95. The number of benzene rings is 2. The molecule has 2 aliphatic heterocycles. The van der Waals surface area contributed by atoms with Gasteiger partial charge in [0.2, 0.25) is 0 Å². The number of rotatable bonds is 9. The molecule has 2 saturated heterocycles. The van der Waals surface area contributed by atoms with Gasteiger partial charge in [-0.3, -0.25) is 4.79 Å². The summed E-state index contributed by atoms with van der Waals surface area (Å²) in [6, 6.07) is 15.6. The molecule has 0 aliphatic carbocycles. The maximum atomic E-state index is 12.8. The van der Waals surface area contributed by atoms with Crippen molar-refractivity contribution in [3.63, 3.8) is 0 Å². The molecular formula is C30H41ClN4O3. The second kappa shape index (κ2) is 14.0. The van der Waals surface area contributed by atoms with Crippen LogP contribution in [-0.4, -0.2) is 85.2 Å². The molecule has 7 nitrogen and oxygen atoms in total. The number of nitrogens with one attached hydrogen (secondary N) is 1. The van der Waals surface area contributed by atoms with Gasteiger partial charge in [-0.15, -0.1) is 0 Å². The zero-order valence-electron chi connectivity index (χ0n) is 22.7. The third-order valence-corrected chi connectivity index (χ3v) is 7.87. The van der Waals surface area contributed by atoms with Gasteiger partial charge in [-0.2, -0.15) is 0 Å². The lowest BCUT2D eigenvalue weighted by Gasteiger charge is -2.39. The lowest BCUT2D eigenvalue weighted by molar-refractivity contribution is 0.0386. The van der Waals surface area contributed by atoms with Crippen LogP contribution >= 0.6 is 11.6 Å². The molecule has 3 amide bonds. The fourth-order valence-corrected chi connectivity index (χ4v) is 5.55. The SMILES string of the molecule is CCCN(CC1CCN(C(=O)N2CCOCC2)CC1)C(C)Cc1cccc(NC(=O)c2ccc(Cl)cc2)c1. The highest BCUT2D eigenvalue weighted by molar-refractivity contribution is 6.30. The minimum absolute atomic E-state index is 0.141. The molecule has 1 unspecified atom stereocenters. The van der Waals surface area contributed by atoms with E-state index < -0.39 is 0 Å². The highest BCUT2D eigenvalue weighted by Gasteiger charge is 2.28. The number of carbonyl (C=O) groups is 2. The van der Waals surface area contributed by atoms with E-state index in [1.165, 1.54) is 5.56 Å². The Morgan fingerprint density at radius 2 is 1.74 bits per heavy atom. The van der Waals surface area contributed by atoms with Crippen molar-refractivity contribution in [2.75, 3.05) is 57.8 Å². The molecule has 1 N–H and O–H groups in total. The molecule has 0 aromatic heterocycles. The number of hydrogen-bond donors (Lipinski definition) is 1. The van der Waals surface area contributed by atoms with Gasteiger partial charge in [0.05, 0.1) is 13.2 Å². The first-order valence-electron chi connectivity index (χ1n) is 13.9. The number of morpholine rings is 1. The summed E-state index contributed by atoms with van der Waals surface area (Å²) in [6.07, 6.45) is 4.12. The fraction of sp³-hybridized carbons (Fsp3) is 0.533. The van der Waals surface area contributed by atoms with Gasteiger partial charge in [0.1, 0.15) is 0 Å². The van der Waals surface area contributed by atoms with Crippen molar-refractivity contribution >= 4 is 29.2 Å². The van der Waals surface area contributed by atoms with E-state index in [0.717, 1.165) is 57.5 Å². The molecule has 0 saturated carbocycles. The Balaban J connectivity index is 1.29. The predicted molar refractivity (Wildman–Crippen MR) is 153 cm³/mol. The average Bonchev–Trinajstić information content (AvgIpc) is 2.94. The monoisotopic (exact) mass is 540 g/mol. The highest BCUT2D eigenvalue weighted by atomic mass is 35.5. The second-order valence-electron chi connectivity index (χ2n) is 10.5. The van der Waals surface area contributed by atoms with Crippen LogP contribution in [-0.2, 0) is 11.2 Å². The molecule has 2 heterocycles. The highest BCUT2D eigenvalue weighted by Crippen LogP contribution is 2.23. The van der Waals surface area contributed by atoms with Gasteiger partial charge in [0.15, 0.2) is 0 Å². The predicted octanol–water partition coefficient (Wildman–Crippen LogP) is 5.40. The maximum Gasteiger partial charge on any atom is 0.320 e. The minimum atomic E-state index is -0.141. The summed E-state index contributed by atoms with van der Waals surface area (Å²) >= 11 is 5.95. The number of piperidine rings is 1. The van der Waals surface area contributed by atoms with Gasteiger partial charge >= 0.3 is 6.03 Å². The summed E-state index contributed by atoms with van der Waals surface area (Å²) in [5.41, 5.74) is 2.59. The fourth-order valence-electron chi connectivity index (χ4n) is 5.42. The molecule has 206 valence electrons. The number of anilines is 1. The Bertz CT molecular complexity index is 1050. The molecule has 2 aromatic rings. The number of nitrogens with zero attached hydrogens (tertiary/aromatic N) is 3. The summed E-state index contributed by atoms with van der Waals surface area (Å²) in [4.78, 5) is 32.0. The summed E-state index contributed by atoms with van der Waals surface area (Å²) in [7, 11) is 0. The van der Waals surface area contributed by atoms with Crippen molar-refractivity contribution in [3.8, 4) is 0 Å². The van der Waals surface area contributed by atoms with Gasteiger partial charge in [0, 0.05) is 55.0 Å². The van der Waals surface area contributed by atoms with Crippen LogP contribution in [0.2, 0.25) is 5.02 Å². The Hall–Kier alpha value is -2.61. The number of likely N-dealkylation sites (tertiary alicyclic amines) is 1. The molecule has 4 rings (SSSR count). The van der Waals surface area contributed by atoms with E-state index in [2.05, 4.69) is 36.2 Å². The van der Waals surface area contributed by atoms with E-state index in [4.69, 9.17) is 16.3 Å². The Labute approximate surface area is 232 Å². The molecule has 2 fully saturated rings. The second-order valence-corrected chi connectivity index (χ2v) is 11.0. The van der Waals surface area contributed by atoms with Gasteiger partial charge in [-0.1, -0.05) is 30.7 Å². The average molecular weight is 541 g/mol. The normalized spacial score (nSPS) is 17.5. The van der Waals surface area contributed by atoms with E-state index in [9.17, 15) is 9.59 Å². The van der Waals surface area contributed by atoms with E-state index in [1.807, 2.05) is 21.9 Å². The molecule has 38 heavy (non-hydrogen) atoms. The standard InChI is InChI=1S/C30H41ClN4O3/c1-3-13-35(22-24-11-14-33(15-12-24)30(37)34-16-18-38-19-17-34)23(2)20-25-5-4-6-28(21-25)32-29(36)26-7-9-27(31)10-8-26/h4-10,21,23-24H,3,11-20,22H2,1-2H3,(H,32,36). The van der Waals surface area contributed by atoms with Crippen LogP contribution in [0, 0.1) is 5.92 Å². The van der Waals surface area contributed by atoms with E-state index in [-0.39, 0.29) is 11.9 Å². The van der Waals surface area contributed by atoms with E-state index in [0.29, 0.717) is 48.8 Å². The number of hydrogen-bond acceptors (Lipinski definition) is 4. The van der Waals surface area contributed by atoms with Crippen molar-refractivity contribution in [1.82, 2.24) is 14.7 Å². The Morgan fingerprint density at radius 1 is 1.05 bits per heavy atom. The number of carbonyl (C=O) groups excluding carboxylic acids is 2. The number of ether oxygens (including phenoxy) is 1. The van der Waals surface area contributed by atoms with Gasteiger partial charge in [0.25, 0.3) is 5.91 Å². The topological polar surface area (TPSA) is 65.1 Å². The van der Waals surface area contributed by atoms with E-state index in [1.54, 1.807) is 24.3 Å². The van der Waals surface area contributed by atoms with Crippen LogP contribution in [0.25, 0.3) is 0 Å². The zero-order valence-corrected chi connectivity index (χ0v) is 23.5. The minimum Gasteiger partial charge on any atom is -0.378 e. The van der Waals surface area contributed by atoms with Crippen molar-refractivity contribution in [3.05, 3.63) is 64.7 Å². The third-order valence-electron chi connectivity index (χ3n) is 7.62. The Morgan fingerprint density at radius 3 is 2.42 bits per heavy atom. The summed E-state index contributed by atoms with van der Waals surface area (Å²) in [5.74, 6) is 0.459.